The lowest BCUT2D eigenvalue weighted by molar-refractivity contribution is 0.208. The summed E-state index contributed by atoms with van der Waals surface area (Å²) in [5.74, 6) is 0. The largest absolute Gasteiger partial charge is 0.400 e. The van der Waals surface area contributed by atoms with Gasteiger partial charge in [0, 0.05) is 0 Å². The Morgan fingerprint density at radius 2 is 1.64 bits per heavy atom. The van der Waals surface area contributed by atoms with Crippen molar-refractivity contribution >= 4 is 18.3 Å². The van der Waals surface area contributed by atoms with E-state index in [0.29, 0.717) is 0 Å². The maximum atomic E-state index is 10.2. The fraction of sp³-hybridized carbons (Fsp3) is 1.00. The van der Waals surface area contributed by atoms with Gasteiger partial charge in [0.05, 0.1) is 13.2 Å². The average molecular weight is 206 g/mol. The van der Waals surface area contributed by atoms with Gasteiger partial charge in [-0.3, -0.25) is 8.74 Å². The molecule has 0 aromatic heterocycles. The second kappa shape index (κ2) is 3.45. The Morgan fingerprint density at radius 1 is 1.18 bits per heavy atom. The third-order valence-corrected chi connectivity index (χ3v) is 3.38. The lowest BCUT2D eigenvalue weighted by Gasteiger charge is -1.98. The van der Waals surface area contributed by atoms with E-state index in [-0.39, 0.29) is 0 Å². The van der Waals surface area contributed by atoms with Crippen LogP contribution in [0.15, 0.2) is 0 Å². The Kier molecular flexibility index (Phi) is 3.38. The minimum atomic E-state index is -5.24. The predicted octanol–water partition coefficient (Wildman–Crippen LogP) is -1.87. The lowest BCUT2D eigenvalue weighted by Crippen LogP contribution is -2.18. The van der Waals surface area contributed by atoms with Crippen LogP contribution in [0.5, 0.6) is 0 Å². The van der Waals surface area contributed by atoms with E-state index in [1.54, 1.807) is 0 Å². The smallest absolute Gasteiger partial charge is 0.394 e. The van der Waals surface area contributed by atoms with E-state index in [9.17, 15) is 16.8 Å². The van der Waals surface area contributed by atoms with E-state index in [2.05, 4.69) is 4.18 Å². The molecule has 0 aromatic rings. The standard InChI is InChI=1S/C2H6O7S2/c3-1-2-9-11(7,8)10(4,5)6/h3H,1-2H2,(H,4,5,6). The maximum Gasteiger partial charge on any atom is 0.400 e. The van der Waals surface area contributed by atoms with E-state index in [0.717, 1.165) is 0 Å². The Morgan fingerprint density at radius 3 is 1.91 bits per heavy atom. The summed E-state index contributed by atoms with van der Waals surface area (Å²) < 4.78 is 51.9. The van der Waals surface area contributed by atoms with E-state index in [1.165, 1.54) is 0 Å². The van der Waals surface area contributed by atoms with Crippen LogP contribution in [-0.2, 0) is 22.5 Å². The van der Waals surface area contributed by atoms with Gasteiger partial charge in [-0.2, -0.15) is 16.8 Å². The van der Waals surface area contributed by atoms with Crippen LogP contribution >= 0.6 is 0 Å². The molecular weight excluding hydrogens is 200 g/mol. The molecule has 68 valence electrons. The lowest BCUT2D eigenvalue weighted by atomic mass is 10.8. The molecule has 0 atom stereocenters. The van der Waals surface area contributed by atoms with Gasteiger partial charge in [-0.05, 0) is 0 Å². The van der Waals surface area contributed by atoms with Crippen LogP contribution < -0.4 is 0 Å². The van der Waals surface area contributed by atoms with Crippen molar-refractivity contribution in [2.75, 3.05) is 13.2 Å². The van der Waals surface area contributed by atoms with Gasteiger partial charge in [-0.1, -0.05) is 0 Å². The molecule has 0 saturated heterocycles. The number of aliphatic hydroxyl groups is 1. The number of rotatable bonds is 4. The van der Waals surface area contributed by atoms with Crippen LogP contribution in [0.4, 0.5) is 0 Å². The van der Waals surface area contributed by atoms with Crippen molar-refractivity contribution in [3.8, 4) is 0 Å². The quantitative estimate of drug-likeness (QED) is 0.408. The minimum Gasteiger partial charge on any atom is -0.394 e. The number of hydrogen-bond acceptors (Lipinski definition) is 6. The second-order valence-electron chi connectivity index (χ2n) is 1.38. The number of hydrogen-bond donors (Lipinski definition) is 2. The first-order valence-corrected chi connectivity index (χ1v) is 5.65. The van der Waals surface area contributed by atoms with Crippen LogP contribution in [0.2, 0.25) is 0 Å². The van der Waals surface area contributed by atoms with Crippen molar-refractivity contribution in [2.45, 2.75) is 0 Å². The molecule has 0 saturated carbocycles. The van der Waals surface area contributed by atoms with Gasteiger partial charge in [0.15, 0.2) is 0 Å². The summed E-state index contributed by atoms with van der Waals surface area (Å²) in [6.45, 7) is -1.36. The molecule has 0 spiro atoms. The van der Waals surface area contributed by atoms with Gasteiger partial charge in [-0.25, -0.2) is 0 Å². The fourth-order valence-corrected chi connectivity index (χ4v) is 1.17. The van der Waals surface area contributed by atoms with Crippen LogP contribution in [0.1, 0.15) is 0 Å². The molecule has 0 aromatic carbocycles. The van der Waals surface area contributed by atoms with Gasteiger partial charge in [0.1, 0.15) is 0 Å². The molecule has 9 heteroatoms. The molecule has 0 aliphatic rings. The van der Waals surface area contributed by atoms with E-state index < -0.39 is 31.5 Å². The number of aliphatic hydroxyl groups excluding tert-OH is 1. The molecule has 0 aliphatic carbocycles. The van der Waals surface area contributed by atoms with Crippen LogP contribution in [0, 0.1) is 0 Å². The zero-order valence-corrected chi connectivity index (χ0v) is 6.80. The van der Waals surface area contributed by atoms with E-state index >= 15 is 0 Å². The first kappa shape index (κ1) is 10.8. The van der Waals surface area contributed by atoms with Crippen molar-refractivity contribution in [3.05, 3.63) is 0 Å². The fourth-order valence-electron chi connectivity index (χ4n) is 0.200. The van der Waals surface area contributed by atoms with Gasteiger partial charge < -0.3 is 5.11 Å². The van der Waals surface area contributed by atoms with Crippen molar-refractivity contribution in [3.63, 3.8) is 0 Å². The molecule has 2 N–H and O–H groups in total. The van der Waals surface area contributed by atoms with Gasteiger partial charge in [-0.15, -0.1) is 0 Å². The molecule has 0 amide bonds. The molecule has 0 aliphatic heterocycles. The van der Waals surface area contributed by atoms with Crippen molar-refractivity contribution < 1.29 is 30.7 Å². The van der Waals surface area contributed by atoms with Gasteiger partial charge >= 0.3 is 18.3 Å². The Bertz CT molecular complexity index is 295. The molecular formula is C2H6O7S2. The third-order valence-electron chi connectivity index (χ3n) is 0.577. The highest BCUT2D eigenvalue weighted by molar-refractivity contribution is 8.63. The van der Waals surface area contributed by atoms with E-state index in [1.807, 2.05) is 0 Å². The zero-order valence-electron chi connectivity index (χ0n) is 5.17. The molecule has 0 radical (unpaired) electrons. The summed E-state index contributed by atoms with van der Waals surface area (Å²) in [6, 6.07) is 0. The summed E-state index contributed by atoms with van der Waals surface area (Å²) >= 11 is 0. The van der Waals surface area contributed by atoms with Crippen LogP contribution in [0.3, 0.4) is 0 Å². The first-order valence-electron chi connectivity index (χ1n) is 2.29. The van der Waals surface area contributed by atoms with E-state index in [4.69, 9.17) is 9.66 Å². The summed E-state index contributed by atoms with van der Waals surface area (Å²) in [6.07, 6.45) is 0. The summed E-state index contributed by atoms with van der Waals surface area (Å²) in [7, 11) is -10.2. The normalized spacial score (nSPS) is 13.3. The predicted molar refractivity (Wildman–Crippen MR) is 33.5 cm³/mol. The molecule has 0 rings (SSSR count). The Labute approximate surface area is 62.9 Å². The monoisotopic (exact) mass is 206 g/mol. The zero-order chi connectivity index (χ0) is 9.12. The second-order valence-corrected chi connectivity index (χ2v) is 5.78. The Balaban J connectivity index is 4.53. The van der Waals surface area contributed by atoms with Crippen molar-refractivity contribution in [2.24, 2.45) is 0 Å². The highest BCUT2D eigenvalue weighted by Gasteiger charge is 2.27. The molecule has 0 heterocycles. The van der Waals surface area contributed by atoms with Gasteiger partial charge in [0.25, 0.3) is 0 Å². The summed E-state index contributed by atoms with van der Waals surface area (Å²) in [4.78, 5) is 0. The SMILES string of the molecule is O=S(=O)(O)S(=O)(=O)OCCO. The van der Waals surface area contributed by atoms with Crippen LogP contribution in [-0.4, -0.2) is 39.7 Å². The van der Waals surface area contributed by atoms with Crippen molar-refractivity contribution in [1.29, 1.82) is 0 Å². The first-order chi connectivity index (χ1) is 4.81. The van der Waals surface area contributed by atoms with Crippen LogP contribution in [0.25, 0.3) is 0 Å². The van der Waals surface area contributed by atoms with Crippen molar-refractivity contribution in [1.82, 2.24) is 0 Å². The molecule has 0 bridgehead atoms. The highest BCUT2D eigenvalue weighted by atomic mass is 33.2. The molecule has 11 heavy (non-hydrogen) atoms. The molecule has 0 fully saturated rings. The average Bonchev–Trinajstić information content (AvgIpc) is 1.81. The summed E-state index contributed by atoms with van der Waals surface area (Å²) in [5, 5.41) is 8.03. The Hall–Kier alpha value is -0.220. The maximum absolute atomic E-state index is 10.2. The van der Waals surface area contributed by atoms with Gasteiger partial charge in [0.2, 0.25) is 0 Å². The summed E-state index contributed by atoms with van der Waals surface area (Å²) in [5.41, 5.74) is 0. The molecule has 0 unspecified atom stereocenters. The third kappa shape index (κ3) is 3.12. The highest BCUT2D eigenvalue weighted by Crippen LogP contribution is 2.00. The molecule has 7 nitrogen and oxygen atoms in total. The minimum absolute atomic E-state index is 0.658. The topological polar surface area (TPSA) is 118 Å².